The maximum absolute atomic E-state index is 13.4. The van der Waals surface area contributed by atoms with Gasteiger partial charge in [0.15, 0.2) is 18.3 Å². The molecule has 0 aliphatic carbocycles. The minimum Gasteiger partial charge on any atom is -0.495 e. The molecule has 0 bridgehead atoms. The molecule has 756 valence electrons. The third kappa shape index (κ3) is 37.3. The fourth-order valence-corrected chi connectivity index (χ4v) is 16.7. The van der Waals surface area contributed by atoms with Crippen LogP contribution < -0.4 is 46.1 Å². The van der Waals surface area contributed by atoms with E-state index in [1.54, 1.807) is 93.6 Å². The smallest absolute Gasteiger partial charge is 0.347 e. The Hall–Kier alpha value is -11.9. The summed E-state index contributed by atoms with van der Waals surface area (Å²) in [6.45, 7) is 22.2. The van der Waals surface area contributed by atoms with Crippen LogP contribution in [0.5, 0.6) is 17.2 Å². The van der Waals surface area contributed by atoms with Crippen molar-refractivity contribution in [2.45, 2.75) is 272 Å². The number of hydrogen-bond donors (Lipinski definition) is 6. The van der Waals surface area contributed by atoms with Gasteiger partial charge in [0, 0.05) is 75.8 Å². The molecular formula is C107H139Cl3N6O23. The highest BCUT2D eigenvalue weighted by molar-refractivity contribution is 6.32. The maximum atomic E-state index is 13.4. The molecule has 0 saturated carbocycles. The van der Waals surface area contributed by atoms with Gasteiger partial charge in [0.2, 0.25) is 35.4 Å². The fraction of sp³-hybridized carbons (Fsp3) is 0.477. The van der Waals surface area contributed by atoms with Crippen LogP contribution in [0.4, 0.5) is 0 Å². The van der Waals surface area contributed by atoms with E-state index in [-0.39, 0.29) is 153 Å². The van der Waals surface area contributed by atoms with Crippen molar-refractivity contribution in [3.63, 3.8) is 0 Å². The Labute approximate surface area is 833 Å². The SMILES string of the molecule is C.C.COc1ccc(C[C@H]2NC(=O)/C=C/C[C@@H]([C@H](C)/C=C/c3ccccc3)OC(=O)[C@H](CC(C)C)OC(=O)C[C@@H](C)NC2=O)cc1Cl.COc1ccc(C[C@H]2NC(=O)/C=C/C[C@@H]([C@H](C)[C@@H]3O[C@H]3c3ccccc3)OC(=O)[C@H](CC(C)C)OC(=O)C[C@@H](C)NC2=O)cc1Cl.COc1ccc(C[C@H]2NC(=O)/C=C/C[C@@H]([C@H](C)[C@H]3O[C@@H]3c3ccccc3)OC(=O)[C@H](CC(C)C)OC(=O)C[C@@H](C)NC2=O)cc1Cl.[2HH]. The fourth-order valence-electron chi connectivity index (χ4n) is 15.9. The summed E-state index contributed by atoms with van der Waals surface area (Å²) in [6.07, 6.45) is 7.96. The average molecular weight is 1980 g/mol. The van der Waals surface area contributed by atoms with Crippen LogP contribution in [0, 0.1) is 35.5 Å². The summed E-state index contributed by atoms with van der Waals surface area (Å²) in [5.74, 6) is -6.00. The molecule has 5 heterocycles. The Bertz CT molecular complexity index is 5010. The van der Waals surface area contributed by atoms with Crippen molar-refractivity contribution >= 4 is 112 Å². The van der Waals surface area contributed by atoms with Gasteiger partial charge in [-0.05, 0) is 146 Å². The van der Waals surface area contributed by atoms with Gasteiger partial charge in [-0.2, -0.15) is 0 Å². The second-order valence-corrected chi connectivity index (χ2v) is 37.6. The second kappa shape index (κ2) is 56.4. The van der Waals surface area contributed by atoms with E-state index in [0.29, 0.717) is 49.0 Å². The van der Waals surface area contributed by atoms with Crippen LogP contribution in [-0.4, -0.2) is 178 Å². The van der Waals surface area contributed by atoms with E-state index >= 15 is 0 Å². The maximum Gasteiger partial charge on any atom is 0.347 e. The molecule has 0 radical (unpaired) electrons. The second-order valence-electron chi connectivity index (χ2n) is 36.4. The summed E-state index contributed by atoms with van der Waals surface area (Å²) >= 11 is 18.9. The minimum atomic E-state index is -1.12. The monoisotopic (exact) mass is 1980 g/mol. The summed E-state index contributed by atoms with van der Waals surface area (Å²) in [4.78, 5) is 158. The van der Waals surface area contributed by atoms with Crippen molar-refractivity contribution in [3.8, 4) is 17.2 Å². The van der Waals surface area contributed by atoms with Gasteiger partial charge in [-0.25, -0.2) is 14.4 Å². The number of rotatable bonds is 24. The number of esters is 6. The zero-order chi connectivity index (χ0) is 99.7. The first-order valence-corrected chi connectivity index (χ1v) is 47.6. The Morgan fingerprint density at radius 3 is 0.957 bits per heavy atom. The highest BCUT2D eigenvalue weighted by Crippen LogP contribution is 2.47. The lowest BCUT2D eigenvalue weighted by molar-refractivity contribution is -0.174. The summed E-state index contributed by atoms with van der Waals surface area (Å²) < 4.78 is 62.5. The van der Waals surface area contributed by atoms with Crippen molar-refractivity contribution in [2.75, 3.05) is 21.3 Å². The lowest BCUT2D eigenvalue weighted by atomic mass is 9.93. The van der Waals surface area contributed by atoms with Crippen LogP contribution in [-0.2, 0) is 115 Å². The van der Waals surface area contributed by atoms with Crippen molar-refractivity contribution in [2.24, 2.45) is 35.5 Å². The van der Waals surface area contributed by atoms with Gasteiger partial charge >= 0.3 is 35.8 Å². The van der Waals surface area contributed by atoms with Crippen molar-refractivity contribution in [1.29, 1.82) is 0 Å². The van der Waals surface area contributed by atoms with Crippen LogP contribution in [0.15, 0.2) is 188 Å². The zero-order valence-electron chi connectivity index (χ0n) is 80.2. The van der Waals surface area contributed by atoms with Crippen LogP contribution in [0.1, 0.15) is 203 Å². The number of carbonyl (C=O) groups excluding carboxylic acids is 12. The Morgan fingerprint density at radius 1 is 0.381 bits per heavy atom. The number of hydrogen-bond acceptors (Lipinski definition) is 23. The number of nitrogens with one attached hydrogen (secondary N) is 6. The van der Waals surface area contributed by atoms with Gasteiger partial charge in [0.25, 0.3) is 0 Å². The number of epoxide rings is 2. The van der Waals surface area contributed by atoms with Gasteiger partial charge in [-0.15, -0.1) is 0 Å². The third-order valence-electron chi connectivity index (χ3n) is 23.3. The minimum absolute atomic E-state index is 0. The van der Waals surface area contributed by atoms with E-state index in [1.807, 2.05) is 165 Å². The molecular weight excluding hydrogens is 1840 g/mol. The number of carbonyl (C=O) groups is 12. The number of benzene rings is 6. The molecule has 6 N–H and O–H groups in total. The summed E-state index contributed by atoms with van der Waals surface area (Å²) in [5, 5.41) is 17.7. The number of ether oxygens (including phenoxy) is 11. The number of halogens is 3. The summed E-state index contributed by atoms with van der Waals surface area (Å²) in [5.41, 5.74) is 5.14. The number of cyclic esters (lactones) is 6. The van der Waals surface area contributed by atoms with Gasteiger partial charge < -0.3 is 84.0 Å². The predicted molar refractivity (Wildman–Crippen MR) is 533 cm³/mol. The van der Waals surface area contributed by atoms with E-state index in [0.717, 1.165) is 16.7 Å². The van der Waals surface area contributed by atoms with Crippen LogP contribution >= 0.6 is 34.8 Å². The van der Waals surface area contributed by atoms with Crippen LogP contribution in [0.25, 0.3) is 6.08 Å². The first-order chi connectivity index (χ1) is 65.3. The first-order valence-electron chi connectivity index (χ1n) is 46.5. The predicted octanol–water partition coefficient (Wildman–Crippen LogP) is 16.7. The van der Waals surface area contributed by atoms with E-state index < -0.39 is 144 Å². The topological polar surface area (TPSA) is 385 Å². The quantitative estimate of drug-likeness (QED) is 0.0186. The lowest BCUT2D eigenvalue weighted by Crippen LogP contribution is -2.50. The largest absolute Gasteiger partial charge is 0.495 e. The molecule has 0 unspecified atom stereocenters. The highest BCUT2D eigenvalue weighted by Gasteiger charge is 2.50. The molecule has 0 aromatic heterocycles. The van der Waals surface area contributed by atoms with Gasteiger partial charge in [0.05, 0.1) is 67.9 Å². The molecule has 5 aliphatic heterocycles. The molecule has 29 nitrogen and oxygen atoms in total. The van der Waals surface area contributed by atoms with Gasteiger partial charge in [-0.1, -0.05) is 252 Å². The number of methoxy groups -OCH3 is 3. The molecule has 2 saturated heterocycles. The third-order valence-corrected chi connectivity index (χ3v) is 24.2. The normalized spacial score (nSPS) is 25.8. The summed E-state index contributed by atoms with van der Waals surface area (Å²) in [7, 11) is 4.52. The Kier molecular flexibility index (Phi) is 46.3. The molecule has 0 spiro atoms. The first kappa shape index (κ1) is 114. The molecule has 2 fully saturated rings. The number of amides is 6. The van der Waals surface area contributed by atoms with Gasteiger partial charge in [0.1, 0.15) is 65.9 Å². The van der Waals surface area contributed by atoms with E-state index in [1.165, 1.54) is 39.6 Å². The van der Waals surface area contributed by atoms with Crippen molar-refractivity contribution in [3.05, 3.63) is 237 Å². The van der Waals surface area contributed by atoms with E-state index in [2.05, 4.69) is 31.9 Å². The Morgan fingerprint density at radius 2 is 0.669 bits per heavy atom. The molecule has 19 atom stereocenters. The molecule has 6 amide bonds. The standard InChI is InChI=1S/2C35H43ClN2O8.C35H43ClN2O7.2CH4.H2/c2*1-20(2)16-29-35(42)45-27(22(4)32-33(46-32)24-10-7-6-8-11-24)12-9-13-30(39)38-26(34(41)37-21(3)17-31(40)44-29)19-23-14-15-28(43-5)25(36)18-23;1-22(2)18-31-35(42)45-29(23(3)14-15-25-10-7-6-8-11-25)12-9-13-32(39)38-28(34(41)37-24(4)19-33(40)44-31)21-26-16-17-30(43-5)27(36)20-26;;;/h2*6-11,13-15,18,20-22,26-27,29,32-33H,12,16-17,19H2,1-5H3,(H,37,41)(H,38,39);6-11,13-17,20,22-24,28-29,31H,12,18-19,21H2,1-5H3,(H,37,41)(H,38,39);2*1H4;1H/b2*13-9+;13-9+,15-14+;;;/t21-,22+,26-,27+,29+,32+,33+;21-,22+,26-,27+,29+,32-,33-;23-,24-,28-,29+,31+;;;/m111.../s1/i;;;;;1+1. The molecule has 11 rings (SSSR count). The summed E-state index contributed by atoms with van der Waals surface area (Å²) in [6, 6.07) is 39.8. The van der Waals surface area contributed by atoms with Crippen LogP contribution in [0.3, 0.4) is 0 Å². The Balaban J connectivity index is 0.000000318. The lowest BCUT2D eigenvalue weighted by Gasteiger charge is -2.26. The van der Waals surface area contributed by atoms with E-state index in [4.69, 9.17) is 86.9 Å². The highest BCUT2D eigenvalue weighted by atomic mass is 35.5. The van der Waals surface area contributed by atoms with Crippen molar-refractivity contribution < 1.29 is 111 Å². The molecule has 6 aromatic carbocycles. The van der Waals surface area contributed by atoms with E-state index in [9.17, 15) is 57.5 Å². The molecule has 6 aromatic rings. The zero-order valence-corrected chi connectivity index (χ0v) is 82.5. The average Bonchev–Trinajstić information content (AvgIpc) is 1.63. The molecule has 139 heavy (non-hydrogen) atoms. The molecule has 5 aliphatic rings. The van der Waals surface area contributed by atoms with Crippen LogP contribution in [0.2, 0.25) is 15.1 Å². The molecule has 32 heteroatoms. The van der Waals surface area contributed by atoms with Gasteiger partial charge in [-0.3, -0.25) is 43.2 Å². The van der Waals surface area contributed by atoms with Crippen molar-refractivity contribution in [1.82, 2.24) is 31.9 Å².